The van der Waals surface area contributed by atoms with Crippen LogP contribution in [0, 0.1) is 25.7 Å². The second-order valence-corrected chi connectivity index (χ2v) is 5.87. The molecule has 2 heteroatoms. The Balaban J connectivity index is 2.33. The number of rotatable bonds is 1. The molecule has 2 N–H and O–H groups in total. The van der Waals surface area contributed by atoms with E-state index in [0.29, 0.717) is 0 Å². The normalized spacial score (nSPS) is 25.1. The molecular weight excluding hydrogens is 208 g/mol. The summed E-state index contributed by atoms with van der Waals surface area (Å²) in [6.45, 7) is 11.2. The van der Waals surface area contributed by atoms with Gasteiger partial charge in [-0.2, -0.15) is 0 Å². The molecule has 0 aliphatic carbocycles. The van der Waals surface area contributed by atoms with Crippen LogP contribution in [0.1, 0.15) is 31.4 Å². The Labute approximate surface area is 105 Å². The summed E-state index contributed by atoms with van der Waals surface area (Å²) in [5.74, 6) is 1.53. The zero-order valence-electron chi connectivity index (χ0n) is 11.5. The van der Waals surface area contributed by atoms with Crippen molar-refractivity contribution in [1.29, 1.82) is 0 Å². The minimum absolute atomic E-state index is 0.763. The molecule has 2 rings (SSSR count). The summed E-state index contributed by atoms with van der Waals surface area (Å²) in [4.78, 5) is 2.47. The second-order valence-electron chi connectivity index (χ2n) is 5.87. The average Bonchev–Trinajstić information content (AvgIpc) is 2.22. The summed E-state index contributed by atoms with van der Waals surface area (Å²) in [6.07, 6.45) is 1.33. The largest absolute Gasteiger partial charge is 0.397 e. The lowest BCUT2D eigenvalue weighted by Crippen LogP contribution is -2.39. The van der Waals surface area contributed by atoms with E-state index in [1.165, 1.54) is 23.2 Å². The first-order valence-electron chi connectivity index (χ1n) is 6.59. The molecule has 0 unspecified atom stereocenters. The topological polar surface area (TPSA) is 29.3 Å². The molecule has 0 spiro atoms. The quantitative estimate of drug-likeness (QED) is 0.752. The third kappa shape index (κ3) is 2.56. The summed E-state index contributed by atoms with van der Waals surface area (Å²) in [7, 11) is 0. The van der Waals surface area contributed by atoms with Gasteiger partial charge in [0.2, 0.25) is 0 Å². The number of hydrogen-bond donors (Lipinski definition) is 1. The number of piperidine rings is 1. The van der Waals surface area contributed by atoms with Gasteiger partial charge in [0.15, 0.2) is 0 Å². The Morgan fingerprint density at radius 1 is 1.12 bits per heavy atom. The van der Waals surface area contributed by atoms with Crippen LogP contribution in [-0.2, 0) is 0 Å². The highest BCUT2D eigenvalue weighted by Gasteiger charge is 2.23. The van der Waals surface area contributed by atoms with Crippen molar-refractivity contribution >= 4 is 11.4 Å². The van der Waals surface area contributed by atoms with Crippen molar-refractivity contribution in [3.8, 4) is 0 Å². The maximum absolute atomic E-state index is 6.23. The first-order valence-corrected chi connectivity index (χ1v) is 6.59. The third-order valence-corrected chi connectivity index (χ3v) is 3.72. The maximum Gasteiger partial charge on any atom is 0.0605 e. The van der Waals surface area contributed by atoms with E-state index < -0.39 is 0 Å². The van der Waals surface area contributed by atoms with E-state index in [0.717, 1.165) is 30.6 Å². The van der Waals surface area contributed by atoms with Crippen molar-refractivity contribution < 1.29 is 0 Å². The molecule has 1 saturated heterocycles. The Morgan fingerprint density at radius 3 is 2.29 bits per heavy atom. The van der Waals surface area contributed by atoms with E-state index in [1.54, 1.807) is 0 Å². The highest BCUT2D eigenvalue weighted by molar-refractivity contribution is 5.72. The molecule has 1 heterocycles. The fourth-order valence-electron chi connectivity index (χ4n) is 3.08. The second kappa shape index (κ2) is 4.59. The van der Waals surface area contributed by atoms with Gasteiger partial charge < -0.3 is 10.6 Å². The summed E-state index contributed by atoms with van der Waals surface area (Å²) >= 11 is 0. The summed E-state index contributed by atoms with van der Waals surface area (Å²) in [6, 6.07) is 4.39. The van der Waals surface area contributed by atoms with Crippen molar-refractivity contribution in [2.24, 2.45) is 11.8 Å². The summed E-state index contributed by atoms with van der Waals surface area (Å²) in [5.41, 5.74) is 10.9. The molecule has 2 nitrogen and oxygen atoms in total. The van der Waals surface area contributed by atoms with Crippen molar-refractivity contribution in [1.82, 2.24) is 0 Å². The first-order chi connectivity index (χ1) is 7.97. The van der Waals surface area contributed by atoms with Crippen LogP contribution >= 0.6 is 0 Å². The highest BCUT2D eigenvalue weighted by atomic mass is 15.1. The molecule has 0 radical (unpaired) electrons. The number of hydrogen-bond acceptors (Lipinski definition) is 2. The van der Waals surface area contributed by atoms with Crippen LogP contribution < -0.4 is 10.6 Å². The summed E-state index contributed by atoms with van der Waals surface area (Å²) < 4.78 is 0. The van der Waals surface area contributed by atoms with Crippen LogP contribution in [0.5, 0.6) is 0 Å². The van der Waals surface area contributed by atoms with Crippen LogP contribution in [0.3, 0.4) is 0 Å². The van der Waals surface area contributed by atoms with Crippen molar-refractivity contribution in [2.75, 3.05) is 23.7 Å². The Morgan fingerprint density at radius 2 is 1.71 bits per heavy atom. The number of nitrogen functional groups attached to an aromatic ring is 1. The lowest BCUT2D eigenvalue weighted by molar-refractivity contribution is 0.357. The van der Waals surface area contributed by atoms with E-state index in [-0.39, 0.29) is 0 Å². The van der Waals surface area contributed by atoms with E-state index in [1.807, 2.05) is 0 Å². The predicted octanol–water partition coefficient (Wildman–Crippen LogP) is 3.37. The third-order valence-electron chi connectivity index (χ3n) is 3.72. The smallest absolute Gasteiger partial charge is 0.0605 e. The molecule has 94 valence electrons. The zero-order valence-corrected chi connectivity index (χ0v) is 11.5. The zero-order chi connectivity index (χ0) is 12.6. The van der Waals surface area contributed by atoms with Gasteiger partial charge in [0.05, 0.1) is 11.4 Å². The highest BCUT2D eigenvalue weighted by Crippen LogP contribution is 2.32. The fraction of sp³-hybridized carbons (Fsp3) is 0.600. The van der Waals surface area contributed by atoms with Gasteiger partial charge >= 0.3 is 0 Å². The van der Waals surface area contributed by atoms with Gasteiger partial charge in [0.25, 0.3) is 0 Å². The van der Waals surface area contributed by atoms with Crippen LogP contribution in [0.2, 0.25) is 0 Å². The van der Waals surface area contributed by atoms with E-state index in [9.17, 15) is 0 Å². The van der Waals surface area contributed by atoms with Crippen molar-refractivity contribution in [3.05, 3.63) is 23.3 Å². The SMILES string of the molecule is Cc1cc(C)c(N)c(N2C[C@@H](C)C[C@H](C)C2)c1. The van der Waals surface area contributed by atoms with Crippen LogP contribution in [0.25, 0.3) is 0 Å². The number of benzene rings is 1. The lowest BCUT2D eigenvalue weighted by Gasteiger charge is -2.37. The van der Waals surface area contributed by atoms with Crippen LogP contribution in [-0.4, -0.2) is 13.1 Å². The number of nitrogens with two attached hydrogens (primary N) is 1. The van der Waals surface area contributed by atoms with Gasteiger partial charge in [-0.1, -0.05) is 19.9 Å². The molecule has 1 aliphatic rings. The van der Waals surface area contributed by atoms with E-state index in [2.05, 4.69) is 44.7 Å². The standard InChI is InChI=1S/C15H24N2/c1-10-6-13(4)15(16)14(7-10)17-8-11(2)5-12(3)9-17/h6-7,11-12H,5,8-9,16H2,1-4H3/t11-,12-/m0/s1. The minimum Gasteiger partial charge on any atom is -0.397 e. The van der Waals surface area contributed by atoms with Gasteiger partial charge in [-0.15, -0.1) is 0 Å². The van der Waals surface area contributed by atoms with Gasteiger partial charge in [-0.3, -0.25) is 0 Å². The average molecular weight is 232 g/mol. The molecule has 17 heavy (non-hydrogen) atoms. The van der Waals surface area contributed by atoms with Crippen LogP contribution in [0.4, 0.5) is 11.4 Å². The Kier molecular flexibility index (Phi) is 3.32. The molecule has 1 fully saturated rings. The molecule has 1 aliphatic heterocycles. The molecule has 1 aromatic rings. The van der Waals surface area contributed by atoms with E-state index >= 15 is 0 Å². The van der Waals surface area contributed by atoms with Crippen molar-refractivity contribution in [3.63, 3.8) is 0 Å². The lowest BCUT2D eigenvalue weighted by atomic mass is 9.91. The molecular formula is C15H24N2. The summed E-state index contributed by atoms with van der Waals surface area (Å²) in [5, 5.41) is 0. The molecule has 0 amide bonds. The van der Waals surface area contributed by atoms with Gasteiger partial charge in [0, 0.05) is 13.1 Å². The minimum atomic E-state index is 0.763. The molecule has 0 bridgehead atoms. The van der Waals surface area contributed by atoms with Gasteiger partial charge in [-0.05, 0) is 49.3 Å². The molecule has 0 aromatic heterocycles. The van der Waals surface area contributed by atoms with Gasteiger partial charge in [-0.25, -0.2) is 0 Å². The van der Waals surface area contributed by atoms with Gasteiger partial charge in [0.1, 0.15) is 0 Å². The van der Waals surface area contributed by atoms with Crippen molar-refractivity contribution in [2.45, 2.75) is 34.1 Å². The Hall–Kier alpha value is -1.18. The maximum atomic E-state index is 6.23. The van der Waals surface area contributed by atoms with E-state index in [4.69, 9.17) is 5.73 Å². The molecule has 1 aromatic carbocycles. The first kappa shape index (κ1) is 12.3. The molecule has 0 saturated carbocycles. The number of nitrogens with zero attached hydrogens (tertiary/aromatic N) is 1. The predicted molar refractivity (Wildman–Crippen MR) is 75.5 cm³/mol. The Bertz CT molecular complexity index is 402. The monoisotopic (exact) mass is 232 g/mol. The molecule has 2 atom stereocenters. The fourth-order valence-corrected chi connectivity index (χ4v) is 3.08. The van der Waals surface area contributed by atoms with Crippen LogP contribution in [0.15, 0.2) is 12.1 Å². The number of anilines is 2. The number of aryl methyl sites for hydroxylation is 2.